The van der Waals surface area contributed by atoms with E-state index in [1.807, 2.05) is 13.0 Å². The summed E-state index contributed by atoms with van der Waals surface area (Å²) in [5.41, 5.74) is 2.83. The van der Waals surface area contributed by atoms with Crippen LogP contribution in [0.3, 0.4) is 0 Å². The van der Waals surface area contributed by atoms with Gasteiger partial charge in [-0.1, -0.05) is 6.07 Å². The van der Waals surface area contributed by atoms with Crippen LogP contribution in [0.1, 0.15) is 27.2 Å². The molecule has 3 aromatic heterocycles. The van der Waals surface area contributed by atoms with Gasteiger partial charge in [0, 0.05) is 52.5 Å². The van der Waals surface area contributed by atoms with Gasteiger partial charge in [-0.05, 0) is 73.5 Å². The first-order chi connectivity index (χ1) is 19.1. The number of carbonyl (C=O) groups excluding carboxylic acids is 1. The fourth-order valence-corrected chi connectivity index (χ4v) is 3.95. The van der Waals surface area contributed by atoms with Crippen molar-refractivity contribution in [1.82, 2.24) is 24.5 Å². The van der Waals surface area contributed by atoms with Gasteiger partial charge in [-0.25, -0.2) is 15.0 Å². The lowest BCUT2D eigenvalue weighted by atomic mass is 10.0. The minimum atomic E-state index is -4.65. The third-order valence-corrected chi connectivity index (χ3v) is 6.14. The number of rotatable bonds is 6. The van der Waals surface area contributed by atoms with Crippen molar-refractivity contribution in [2.24, 2.45) is 0 Å². The van der Waals surface area contributed by atoms with E-state index in [2.05, 4.69) is 30.6 Å². The molecule has 40 heavy (non-hydrogen) atoms. The van der Waals surface area contributed by atoms with Crippen molar-refractivity contribution < 1.29 is 18.0 Å². The molecule has 198 valence electrons. The molecule has 3 heterocycles. The molecule has 0 aliphatic heterocycles. The Kier molecular flexibility index (Phi) is 7.08. The summed E-state index contributed by atoms with van der Waals surface area (Å²) in [6, 6.07) is 13.5. The number of pyridine rings is 1. The van der Waals surface area contributed by atoms with Gasteiger partial charge in [0.15, 0.2) is 0 Å². The lowest BCUT2D eigenvalue weighted by molar-refractivity contribution is -0.137. The Labute approximate surface area is 228 Å². The molecule has 8 nitrogen and oxygen atoms in total. The Balaban J connectivity index is 1.42. The molecule has 12 heteroatoms. The van der Waals surface area contributed by atoms with Gasteiger partial charge >= 0.3 is 6.18 Å². The van der Waals surface area contributed by atoms with E-state index >= 15 is 0 Å². The van der Waals surface area contributed by atoms with Crippen LogP contribution in [0.2, 0.25) is 0 Å². The summed E-state index contributed by atoms with van der Waals surface area (Å²) in [4.78, 5) is 30.1. The SMILES string of the molecule is [B]c1c(C)ncn1-c1cc(NC(=O)c2ccc(C)c(Nc3nccc(-c4cccnc4)n3)c2)cc(C(F)(F)F)c1. The molecule has 5 aromatic rings. The van der Waals surface area contributed by atoms with Crippen LogP contribution in [-0.2, 0) is 6.18 Å². The topological polar surface area (TPSA) is 97.6 Å². The summed E-state index contributed by atoms with van der Waals surface area (Å²) in [5, 5.41) is 5.68. The highest BCUT2D eigenvalue weighted by Gasteiger charge is 2.31. The molecular formula is C28H21BF3N7O. The van der Waals surface area contributed by atoms with Gasteiger partial charge in [0.2, 0.25) is 5.95 Å². The number of anilines is 3. The monoisotopic (exact) mass is 539 g/mol. The molecule has 0 atom stereocenters. The minimum absolute atomic E-state index is 0.0526. The molecule has 0 bridgehead atoms. The van der Waals surface area contributed by atoms with Crippen LogP contribution in [0.15, 0.2) is 79.5 Å². The summed E-state index contributed by atoms with van der Waals surface area (Å²) < 4.78 is 42.4. The number of imidazole rings is 1. The number of aryl methyl sites for hydroxylation is 2. The van der Waals surface area contributed by atoms with E-state index < -0.39 is 17.6 Å². The second-order valence-corrected chi connectivity index (χ2v) is 8.97. The molecular weight excluding hydrogens is 518 g/mol. The second-order valence-electron chi connectivity index (χ2n) is 8.97. The number of halogens is 3. The first-order valence-corrected chi connectivity index (χ1v) is 12.0. The first-order valence-electron chi connectivity index (χ1n) is 12.0. The normalized spacial score (nSPS) is 11.3. The van der Waals surface area contributed by atoms with E-state index in [1.54, 1.807) is 55.8 Å². The van der Waals surface area contributed by atoms with Crippen LogP contribution in [0.4, 0.5) is 30.5 Å². The van der Waals surface area contributed by atoms with Crippen molar-refractivity contribution in [3.05, 3.63) is 102 Å². The molecule has 0 spiro atoms. The number of aromatic nitrogens is 5. The van der Waals surface area contributed by atoms with Gasteiger partial charge in [-0.15, -0.1) is 0 Å². The zero-order valence-electron chi connectivity index (χ0n) is 21.4. The third-order valence-electron chi connectivity index (χ3n) is 6.14. The molecule has 1 amide bonds. The Hall–Kier alpha value is -5.00. The van der Waals surface area contributed by atoms with Gasteiger partial charge in [0.05, 0.1) is 17.6 Å². The standard InChI is InChI=1S/C28H21BF3N7O/c1-16-5-6-18(10-24(16)38-27-34-9-7-23(37-27)19-4-3-8-33-14-19)26(40)36-21-11-20(28(30,31)32)12-22(13-21)39-15-35-17(2)25(39)29/h3-15H,1-2H3,(H,36,40)(H,34,37,38). The molecule has 0 aliphatic carbocycles. The molecule has 0 saturated heterocycles. The summed E-state index contributed by atoms with van der Waals surface area (Å²) in [6.07, 6.45) is 1.63. The Morgan fingerprint density at radius 1 is 1.00 bits per heavy atom. The van der Waals surface area contributed by atoms with Crippen molar-refractivity contribution in [3.8, 4) is 16.9 Å². The van der Waals surface area contributed by atoms with E-state index in [-0.39, 0.29) is 22.5 Å². The van der Waals surface area contributed by atoms with Crippen molar-refractivity contribution in [3.63, 3.8) is 0 Å². The molecule has 2 radical (unpaired) electrons. The maximum Gasteiger partial charge on any atom is 0.416 e. The number of nitrogens with one attached hydrogen (secondary N) is 2. The van der Waals surface area contributed by atoms with Gasteiger partial charge < -0.3 is 15.2 Å². The largest absolute Gasteiger partial charge is 0.416 e. The zero-order valence-corrected chi connectivity index (χ0v) is 21.4. The van der Waals surface area contributed by atoms with Crippen molar-refractivity contribution in [2.75, 3.05) is 10.6 Å². The molecule has 2 N–H and O–H groups in total. The van der Waals surface area contributed by atoms with E-state index in [1.165, 1.54) is 17.0 Å². The molecule has 5 rings (SSSR count). The number of hydrogen-bond acceptors (Lipinski definition) is 6. The Bertz CT molecular complexity index is 1700. The smallest absolute Gasteiger partial charge is 0.324 e. The molecule has 0 unspecified atom stereocenters. The third kappa shape index (κ3) is 5.70. The lowest BCUT2D eigenvalue weighted by Gasteiger charge is -2.15. The minimum Gasteiger partial charge on any atom is -0.324 e. The first kappa shape index (κ1) is 26.6. The van der Waals surface area contributed by atoms with E-state index in [0.29, 0.717) is 23.0 Å². The van der Waals surface area contributed by atoms with Gasteiger partial charge in [0.1, 0.15) is 7.85 Å². The molecule has 0 saturated carbocycles. The van der Waals surface area contributed by atoms with Gasteiger partial charge in [0.25, 0.3) is 5.91 Å². The summed E-state index contributed by atoms with van der Waals surface area (Å²) in [6.45, 7) is 3.48. The molecule has 0 fully saturated rings. The predicted molar refractivity (Wildman–Crippen MR) is 146 cm³/mol. The fourth-order valence-electron chi connectivity index (χ4n) is 3.95. The summed E-state index contributed by atoms with van der Waals surface area (Å²) in [7, 11) is 5.98. The van der Waals surface area contributed by atoms with Crippen LogP contribution >= 0.6 is 0 Å². The fraction of sp³-hybridized carbons (Fsp3) is 0.107. The average molecular weight is 539 g/mol. The lowest BCUT2D eigenvalue weighted by Crippen LogP contribution is -2.19. The predicted octanol–water partition coefficient (Wildman–Crippen LogP) is 5.15. The van der Waals surface area contributed by atoms with Crippen molar-refractivity contribution in [2.45, 2.75) is 20.0 Å². The van der Waals surface area contributed by atoms with Crippen molar-refractivity contribution >= 4 is 36.7 Å². The number of alkyl halides is 3. The number of carbonyl (C=O) groups is 1. The van der Waals surface area contributed by atoms with Gasteiger partial charge in [-0.2, -0.15) is 13.2 Å². The number of nitrogens with zero attached hydrogens (tertiary/aromatic N) is 5. The average Bonchev–Trinajstić information content (AvgIpc) is 3.27. The van der Waals surface area contributed by atoms with E-state index in [4.69, 9.17) is 7.85 Å². The van der Waals surface area contributed by atoms with Crippen LogP contribution in [0.25, 0.3) is 16.9 Å². The Morgan fingerprint density at radius 2 is 1.82 bits per heavy atom. The molecule has 0 aliphatic rings. The zero-order chi connectivity index (χ0) is 28.4. The maximum absolute atomic E-state index is 13.7. The number of amides is 1. The quantitative estimate of drug-likeness (QED) is 0.290. The van der Waals surface area contributed by atoms with E-state index in [0.717, 1.165) is 23.3 Å². The maximum atomic E-state index is 13.7. The highest BCUT2D eigenvalue weighted by atomic mass is 19.4. The molecule has 2 aromatic carbocycles. The number of hydrogen-bond donors (Lipinski definition) is 2. The Morgan fingerprint density at radius 3 is 2.52 bits per heavy atom. The van der Waals surface area contributed by atoms with Crippen LogP contribution < -0.4 is 16.2 Å². The second kappa shape index (κ2) is 10.6. The van der Waals surface area contributed by atoms with Crippen LogP contribution in [0, 0.1) is 13.8 Å². The van der Waals surface area contributed by atoms with Crippen LogP contribution in [-0.4, -0.2) is 38.3 Å². The number of benzene rings is 2. The van der Waals surface area contributed by atoms with Crippen molar-refractivity contribution in [1.29, 1.82) is 0 Å². The van der Waals surface area contributed by atoms with E-state index in [9.17, 15) is 18.0 Å². The highest BCUT2D eigenvalue weighted by molar-refractivity contribution is 6.32. The summed E-state index contributed by atoms with van der Waals surface area (Å²) >= 11 is 0. The van der Waals surface area contributed by atoms with Gasteiger partial charge in [-0.3, -0.25) is 9.78 Å². The van der Waals surface area contributed by atoms with Crippen LogP contribution in [0.5, 0.6) is 0 Å². The summed E-state index contributed by atoms with van der Waals surface area (Å²) in [5.74, 6) is -0.300. The highest BCUT2D eigenvalue weighted by Crippen LogP contribution is 2.33.